The molecule has 0 aliphatic heterocycles. The molecule has 9 aromatic rings. The van der Waals surface area contributed by atoms with Crippen LogP contribution >= 0.6 is 0 Å². The third-order valence-corrected chi connectivity index (χ3v) is 10.2. The highest BCUT2D eigenvalue weighted by molar-refractivity contribution is 6.06. The first kappa shape index (κ1) is 25.3. The topological polar surface area (TPSA) is 16.4 Å². The third kappa shape index (κ3) is 4.57. The number of para-hydroxylation sites is 1. The van der Waals surface area contributed by atoms with Crippen molar-refractivity contribution in [2.75, 3.05) is 4.90 Å². The fourth-order valence-electron chi connectivity index (χ4n) is 8.00. The average Bonchev–Trinajstić information content (AvgIpc) is 3.76. The van der Waals surface area contributed by atoms with Gasteiger partial charge in [0, 0.05) is 27.8 Å². The van der Waals surface area contributed by atoms with Gasteiger partial charge in [-0.25, -0.2) is 0 Å². The maximum Gasteiger partial charge on any atom is 0.135 e. The van der Waals surface area contributed by atoms with Crippen LogP contribution in [0.2, 0.25) is 0 Å². The highest BCUT2D eigenvalue weighted by atomic mass is 16.3. The van der Waals surface area contributed by atoms with E-state index in [4.69, 9.17) is 4.42 Å². The Morgan fingerprint density at radius 3 is 1.73 bits per heavy atom. The summed E-state index contributed by atoms with van der Waals surface area (Å²) in [6.07, 6.45) is 0. The number of hydrogen-bond acceptors (Lipinski definition) is 2. The van der Waals surface area contributed by atoms with E-state index in [1.807, 2.05) is 95.9 Å². The largest absolute Gasteiger partial charge is 0.456 e. The lowest BCUT2D eigenvalue weighted by atomic mass is 9.67. The van der Waals surface area contributed by atoms with Gasteiger partial charge in [0.15, 0.2) is 0 Å². The van der Waals surface area contributed by atoms with Crippen LogP contribution in [0.25, 0.3) is 44.2 Å². The molecule has 0 fully saturated rings. The molecule has 1 heterocycles. The number of nitrogens with zero attached hydrogens (tertiary/aromatic N) is 1. The quantitative estimate of drug-likeness (QED) is 0.177. The molecule has 0 saturated carbocycles. The predicted molar refractivity (Wildman–Crippen MR) is 211 cm³/mol. The molecule has 0 spiro atoms. The maximum absolute atomic E-state index is 9.57. The molecule has 0 bridgehead atoms. The average molecular weight is 656 g/mol. The molecule has 0 unspecified atom stereocenters. The van der Waals surface area contributed by atoms with Gasteiger partial charge in [-0.05, 0) is 93.0 Å². The minimum absolute atomic E-state index is 0.0986. The second kappa shape index (κ2) is 11.8. The van der Waals surface area contributed by atoms with E-state index in [1.165, 1.54) is 5.56 Å². The highest BCUT2D eigenvalue weighted by Gasteiger charge is 2.46. The molecule has 0 radical (unpaired) electrons. The van der Waals surface area contributed by atoms with Gasteiger partial charge in [0.1, 0.15) is 11.2 Å². The molecule has 0 saturated heterocycles. The number of fused-ring (bicyclic) bond motifs is 6. The standard InChI is InChI=1S/C49H33NO/c1-4-14-34(15-5-1)35-24-26-38(27-25-35)50(39-29-31-48-44(32-39)43-21-11-13-23-47(43)51-48)40-28-30-42-41-20-10-12-22-45(41)49(46(42)33-40,36-16-6-2-7-17-36)37-18-8-3-9-19-37/h1-33H/i24D,25D,26D,27D. The highest BCUT2D eigenvalue weighted by Crippen LogP contribution is 2.57. The molecule has 2 nitrogen and oxygen atoms in total. The zero-order valence-electron chi connectivity index (χ0n) is 31.6. The van der Waals surface area contributed by atoms with Crippen LogP contribution in [-0.4, -0.2) is 0 Å². The van der Waals surface area contributed by atoms with Crippen LogP contribution in [0.1, 0.15) is 27.7 Å². The van der Waals surface area contributed by atoms with E-state index < -0.39 is 5.41 Å². The molecule has 1 aromatic heterocycles. The first-order valence-corrected chi connectivity index (χ1v) is 17.2. The molecule has 0 atom stereocenters. The summed E-state index contributed by atoms with van der Waals surface area (Å²) >= 11 is 0. The van der Waals surface area contributed by atoms with Gasteiger partial charge in [0.25, 0.3) is 0 Å². The lowest BCUT2D eigenvalue weighted by molar-refractivity contribution is 0.669. The monoisotopic (exact) mass is 655 g/mol. The second-order valence-corrected chi connectivity index (χ2v) is 13.0. The minimum Gasteiger partial charge on any atom is -0.456 e. The zero-order valence-corrected chi connectivity index (χ0v) is 27.6. The van der Waals surface area contributed by atoms with Crippen LogP contribution in [0.15, 0.2) is 205 Å². The van der Waals surface area contributed by atoms with Crippen molar-refractivity contribution in [2.45, 2.75) is 5.41 Å². The van der Waals surface area contributed by atoms with Gasteiger partial charge in [-0.3, -0.25) is 0 Å². The van der Waals surface area contributed by atoms with Crippen molar-refractivity contribution in [3.05, 3.63) is 222 Å². The summed E-state index contributed by atoms with van der Waals surface area (Å²) < 4.78 is 44.0. The van der Waals surface area contributed by atoms with E-state index >= 15 is 0 Å². The molecule has 0 amide bonds. The molecule has 240 valence electrons. The van der Waals surface area contributed by atoms with Crippen molar-refractivity contribution in [3.8, 4) is 22.3 Å². The summed E-state index contributed by atoms with van der Waals surface area (Å²) in [5.41, 5.74) is 10.0. The SMILES string of the molecule is [2H]c1c([2H])c(N(c2ccc3c(c2)C(c2ccccc2)(c2ccccc2)c2ccccc2-3)c2ccc3oc4ccccc4c3c2)c([2H])c([2H])c1-c1ccccc1. The van der Waals surface area contributed by atoms with E-state index in [1.54, 1.807) is 0 Å². The van der Waals surface area contributed by atoms with Gasteiger partial charge >= 0.3 is 0 Å². The number of benzene rings is 8. The van der Waals surface area contributed by atoms with Gasteiger partial charge in [0.05, 0.1) is 10.9 Å². The Morgan fingerprint density at radius 1 is 0.412 bits per heavy atom. The van der Waals surface area contributed by atoms with Crippen molar-refractivity contribution in [3.63, 3.8) is 0 Å². The molecule has 51 heavy (non-hydrogen) atoms. The zero-order chi connectivity index (χ0) is 37.3. The summed E-state index contributed by atoms with van der Waals surface area (Å²) in [5, 5.41) is 1.85. The lowest BCUT2D eigenvalue weighted by Crippen LogP contribution is -2.28. The molecule has 1 aliphatic carbocycles. The fourth-order valence-corrected chi connectivity index (χ4v) is 8.00. The van der Waals surface area contributed by atoms with Crippen molar-refractivity contribution in [1.82, 2.24) is 0 Å². The summed E-state index contributed by atoms with van der Waals surface area (Å²) in [6, 6.07) is 58.7. The molecule has 10 rings (SSSR count). The van der Waals surface area contributed by atoms with Crippen LogP contribution in [0.3, 0.4) is 0 Å². The van der Waals surface area contributed by atoms with E-state index in [-0.39, 0.29) is 35.4 Å². The molecule has 1 aliphatic rings. The van der Waals surface area contributed by atoms with Crippen LogP contribution in [-0.2, 0) is 5.41 Å². The minimum atomic E-state index is -0.674. The van der Waals surface area contributed by atoms with Gasteiger partial charge in [-0.1, -0.05) is 152 Å². The van der Waals surface area contributed by atoms with Crippen molar-refractivity contribution >= 4 is 39.0 Å². The summed E-state index contributed by atoms with van der Waals surface area (Å²) in [5.74, 6) is 0. The Hall–Kier alpha value is -6.64. The summed E-state index contributed by atoms with van der Waals surface area (Å²) in [7, 11) is 0. The number of hydrogen-bond donors (Lipinski definition) is 0. The van der Waals surface area contributed by atoms with Gasteiger partial charge < -0.3 is 9.32 Å². The molecule has 8 aromatic carbocycles. The summed E-state index contributed by atoms with van der Waals surface area (Å²) in [4.78, 5) is 1.89. The van der Waals surface area contributed by atoms with E-state index in [0.717, 1.165) is 49.8 Å². The molecular weight excluding hydrogens is 619 g/mol. The Kier molecular flexibility index (Phi) is 5.84. The first-order chi connectivity index (χ1) is 27.0. The Bertz CT molecular complexity index is 2850. The lowest BCUT2D eigenvalue weighted by Gasteiger charge is -2.35. The normalized spacial score (nSPS) is 14.0. The van der Waals surface area contributed by atoms with Crippen LogP contribution < -0.4 is 4.90 Å². The fraction of sp³-hybridized carbons (Fsp3) is 0.0204. The first-order valence-electron chi connectivity index (χ1n) is 19.2. The molecule has 2 heteroatoms. The Labute approximate surface area is 303 Å². The number of furan rings is 1. The second-order valence-electron chi connectivity index (χ2n) is 13.0. The van der Waals surface area contributed by atoms with E-state index in [2.05, 4.69) is 84.9 Å². The van der Waals surface area contributed by atoms with E-state index in [9.17, 15) is 5.48 Å². The Morgan fingerprint density at radius 2 is 0.980 bits per heavy atom. The smallest absolute Gasteiger partial charge is 0.135 e. The van der Waals surface area contributed by atoms with Crippen molar-refractivity contribution < 1.29 is 9.90 Å². The van der Waals surface area contributed by atoms with E-state index in [0.29, 0.717) is 16.9 Å². The third-order valence-electron chi connectivity index (χ3n) is 10.2. The Balaban J connectivity index is 1.29. The maximum atomic E-state index is 9.57. The van der Waals surface area contributed by atoms with Crippen LogP contribution in [0.5, 0.6) is 0 Å². The number of anilines is 3. The van der Waals surface area contributed by atoms with Crippen molar-refractivity contribution in [1.29, 1.82) is 0 Å². The van der Waals surface area contributed by atoms with Gasteiger partial charge in [-0.15, -0.1) is 0 Å². The number of rotatable bonds is 6. The van der Waals surface area contributed by atoms with Gasteiger partial charge in [-0.2, -0.15) is 0 Å². The molecule has 0 N–H and O–H groups in total. The van der Waals surface area contributed by atoms with Crippen LogP contribution in [0.4, 0.5) is 17.1 Å². The molecular formula is C49H33NO. The van der Waals surface area contributed by atoms with Crippen molar-refractivity contribution in [2.24, 2.45) is 0 Å². The predicted octanol–water partition coefficient (Wildman–Crippen LogP) is 13.1. The van der Waals surface area contributed by atoms with Crippen LogP contribution in [0, 0.1) is 0 Å². The van der Waals surface area contributed by atoms with Gasteiger partial charge in [0.2, 0.25) is 0 Å². The summed E-state index contributed by atoms with van der Waals surface area (Å²) in [6.45, 7) is 0.